The number of benzene rings is 2. The zero-order valence-corrected chi connectivity index (χ0v) is 24.7. The molecule has 0 amide bonds. The van der Waals surface area contributed by atoms with Gasteiger partial charge in [0.15, 0.2) is 20.2 Å². The van der Waals surface area contributed by atoms with Gasteiger partial charge in [-0.1, -0.05) is 0 Å². The first-order chi connectivity index (χ1) is 17.3. The van der Waals surface area contributed by atoms with Gasteiger partial charge in [-0.15, -0.1) is 0 Å². The summed E-state index contributed by atoms with van der Waals surface area (Å²) in [4.78, 5) is 0. The Balaban J connectivity index is 0.000000264. The molecule has 16 heteroatoms. The zero-order valence-electron chi connectivity index (χ0n) is 19.6. The molecule has 0 saturated carbocycles. The van der Waals surface area contributed by atoms with E-state index < -0.39 is 51.6 Å². The van der Waals surface area contributed by atoms with Crippen LogP contribution in [0.4, 0.5) is 26.3 Å². The molecular formula is C22H20F6O6S2SiZr. The van der Waals surface area contributed by atoms with Crippen LogP contribution in [0.2, 0.25) is 13.1 Å². The van der Waals surface area contributed by atoms with Gasteiger partial charge < -0.3 is 9.11 Å². The van der Waals surface area contributed by atoms with Crippen LogP contribution in [0.15, 0.2) is 60.7 Å². The van der Waals surface area contributed by atoms with E-state index >= 15 is 0 Å². The summed E-state index contributed by atoms with van der Waals surface area (Å²) in [5.74, 6) is 0. The van der Waals surface area contributed by atoms with Crippen molar-refractivity contribution in [2.45, 2.75) is 31.4 Å². The molecule has 0 radical (unpaired) electrons. The van der Waals surface area contributed by atoms with Crippen molar-refractivity contribution in [2.75, 3.05) is 0 Å². The van der Waals surface area contributed by atoms with Gasteiger partial charge in [0.25, 0.3) is 0 Å². The summed E-state index contributed by atoms with van der Waals surface area (Å²) in [6.45, 7) is 5.12. The van der Waals surface area contributed by atoms with Crippen LogP contribution in [0.1, 0.15) is 29.5 Å². The van der Waals surface area contributed by atoms with Crippen molar-refractivity contribution in [3.8, 4) is 0 Å². The minimum atomic E-state index is -6.09. The number of allylic oxidation sites excluding steroid dienone is 2. The SMILES string of the molecule is C[Si](C)=[Zr+2]([CH]1C=Cc2ccccc21)[CH]1C=Cc2ccccc21.O=S(=O)([O-])C(F)(F)F.O=S(=O)([O-])C(F)(F)F. The van der Waals surface area contributed by atoms with E-state index in [0.717, 1.165) is 7.25 Å². The van der Waals surface area contributed by atoms with Gasteiger partial charge in [-0.25, -0.2) is 16.8 Å². The summed E-state index contributed by atoms with van der Waals surface area (Å²) in [7, 11) is -12.2. The van der Waals surface area contributed by atoms with Crippen molar-refractivity contribution in [1.29, 1.82) is 0 Å². The molecule has 4 rings (SSSR count). The molecule has 0 heterocycles. The van der Waals surface area contributed by atoms with Crippen molar-refractivity contribution in [3.05, 3.63) is 82.9 Å². The Morgan fingerprint density at radius 1 is 0.684 bits per heavy atom. The number of rotatable bonds is 2. The van der Waals surface area contributed by atoms with Crippen LogP contribution >= 0.6 is 0 Å². The smallest absolute Gasteiger partial charge is 0.485 e. The minimum absolute atomic E-state index is 0.228. The maximum Gasteiger partial charge on any atom is 0.485 e. The van der Waals surface area contributed by atoms with Crippen molar-refractivity contribution in [1.82, 2.24) is 0 Å². The third-order valence-corrected chi connectivity index (χ3v) is 25.7. The molecule has 2 aliphatic rings. The van der Waals surface area contributed by atoms with Crippen molar-refractivity contribution in [2.24, 2.45) is 0 Å². The second-order valence-electron chi connectivity index (χ2n) is 8.19. The summed E-state index contributed by atoms with van der Waals surface area (Å²) < 4.78 is 119. The molecule has 0 aliphatic heterocycles. The third-order valence-electron chi connectivity index (χ3n) is 5.41. The Labute approximate surface area is 223 Å². The first kappa shape index (κ1) is 32.6. The van der Waals surface area contributed by atoms with E-state index in [1.54, 1.807) is 11.1 Å². The fourth-order valence-electron chi connectivity index (χ4n) is 3.86. The topological polar surface area (TPSA) is 114 Å². The molecule has 2 unspecified atom stereocenters. The van der Waals surface area contributed by atoms with Gasteiger partial charge in [-0.2, -0.15) is 26.3 Å². The molecule has 0 bridgehead atoms. The van der Waals surface area contributed by atoms with Crippen LogP contribution in [-0.2, 0) is 40.6 Å². The second kappa shape index (κ2) is 12.3. The third kappa shape index (κ3) is 8.21. The molecule has 2 aliphatic carbocycles. The fourth-order valence-corrected chi connectivity index (χ4v) is 22.6. The van der Waals surface area contributed by atoms with Gasteiger partial charge in [0.2, 0.25) is 0 Å². The summed E-state index contributed by atoms with van der Waals surface area (Å²) in [6.07, 6.45) is 9.81. The standard InChI is InChI=1S/2C9H7.C2H6Si.2CHF3O3S.Zr/c2*1-2-5-9-7-3-6-8(9)4-1;1-3-2;2*2-1(3,4)8(5,6)7;/h2*1-7H;1-2H3;2*(H,5,6,7);/q;;;;;+2/p-2. The Hall–Kier alpha value is -1.58. The van der Waals surface area contributed by atoms with Crippen molar-refractivity contribution in [3.63, 3.8) is 0 Å². The Bertz CT molecular complexity index is 1370. The molecule has 0 fully saturated rings. The van der Waals surface area contributed by atoms with Gasteiger partial charge in [0, 0.05) is 0 Å². The fraction of sp³-hybridized carbons (Fsp3) is 0.273. The van der Waals surface area contributed by atoms with Gasteiger partial charge in [-0.3, -0.25) is 0 Å². The molecule has 206 valence electrons. The predicted octanol–water partition coefficient (Wildman–Crippen LogP) is 5.49. The van der Waals surface area contributed by atoms with E-state index in [1.165, 1.54) is 11.1 Å². The van der Waals surface area contributed by atoms with Gasteiger partial charge >= 0.3 is 152 Å². The first-order valence-corrected chi connectivity index (χ1v) is 22.4. The average Bonchev–Trinajstić information content (AvgIpc) is 3.37. The maximum absolute atomic E-state index is 10.7. The largest absolute Gasteiger partial charge is 0.741 e. The van der Waals surface area contributed by atoms with Crippen LogP contribution in [0.3, 0.4) is 0 Å². The number of hydrogen-bond donors (Lipinski definition) is 0. The molecule has 2 atom stereocenters. The molecule has 0 saturated heterocycles. The average molecular weight is 678 g/mol. The number of halogens is 6. The predicted molar refractivity (Wildman–Crippen MR) is 125 cm³/mol. The molecule has 2 aromatic carbocycles. The summed E-state index contributed by atoms with van der Waals surface area (Å²) in [5, 5.41) is 0. The van der Waals surface area contributed by atoms with E-state index in [9.17, 15) is 26.3 Å². The van der Waals surface area contributed by atoms with Gasteiger partial charge in [0.05, 0.1) is 0 Å². The first-order valence-electron chi connectivity index (χ1n) is 10.5. The molecule has 0 aromatic heterocycles. The van der Waals surface area contributed by atoms with Crippen LogP contribution in [-0.4, -0.2) is 42.4 Å². The number of hydrogen-bond acceptors (Lipinski definition) is 6. The zero-order chi connectivity index (χ0) is 29.1. The number of alkyl halides is 6. The summed E-state index contributed by atoms with van der Waals surface area (Å²) >= 11 is -1.65. The molecule has 2 aromatic rings. The van der Waals surface area contributed by atoms with E-state index in [1.807, 2.05) is 0 Å². The van der Waals surface area contributed by atoms with E-state index in [2.05, 4.69) is 85.9 Å². The van der Waals surface area contributed by atoms with Crippen molar-refractivity contribution >= 4 is 37.8 Å². The quantitative estimate of drug-likeness (QED) is 0.180. The molecule has 0 N–H and O–H groups in total. The van der Waals surface area contributed by atoms with Crippen LogP contribution < -0.4 is 0 Å². The van der Waals surface area contributed by atoms with Crippen LogP contribution in [0.25, 0.3) is 12.2 Å². The second-order valence-corrected chi connectivity index (χ2v) is 29.0. The van der Waals surface area contributed by atoms with Gasteiger partial charge in [0.1, 0.15) is 0 Å². The van der Waals surface area contributed by atoms with E-state index in [0.29, 0.717) is 0 Å². The van der Waals surface area contributed by atoms with Crippen LogP contribution in [0, 0.1) is 0 Å². The van der Waals surface area contributed by atoms with Crippen molar-refractivity contribution < 1.29 is 72.7 Å². The summed E-state index contributed by atoms with van der Waals surface area (Å²) in [6, 6.07) is 18.1. The summed E-state index contributed by atoms with van der Waals surface area (Å²) in [5.41, 5.74) is -5.37. The Morgan fingerprint density at radius 3 is 1.24 bits per heavy atom. The normalized spacial score (nSPS) is 17.7. The van der Waals surface area contributed by atoms with E-state index in [4.69, 9.17) is 25.9 Å². The molecule has 0 spiro atoms. The van der Waals surface area contributed by atoms with Crippen LogP contribution in [0.5, 0.6) is 0 Å². The monoisotopic (exact) mass is 676 g/mol. The minimum Gasteiger partial charge on any atom is -0.741 e. The van der Waals surface area contributed by atoms with Gasteiger partial charge in [-0.05, 0) is 0 Å². The Kier molecular flexibility index (Phi) is 10.6. The molecular weight excluding hydrogens is 658 g/mol. The Morgan fingerprint density at radius 2 is 0.974 bits per heavy atom. The van der Waals surface area contributed by atoms with E-state index in [-0.39, 0.29) is 5.43 Å². The molecule has 6 nitrogen and oxygen atoms in total. The molecule has 38 heavy (non-hydrogen) atoms. The number of fused-ring (bicyclic) bond motifs is 2. The maximum atomic E-state index is 10.7.